The molecule has 0 bridgehead atoms. The van der Waals surface area contributed by atoms with Gasteiger partial charge in [-0.05, 0) is 19.3 Å². The smallest absolute Gasteiger partial charge is 0.0843 e. The summed E-state index contributed by atoms with van der Waals surface area (Å²) in [6.45, 7) is 0.729. The molecule has 1 heterocycles. The van der Waals surface area contributed by atoms with Gasteiger partial charge in [0.25, 0.3) is 0 Å². The summed E-state index contributed by atoms with van der Waals surface area (Å²) >= 11 is 0. The lowest BCUT2D eigenvalue weighted by Gasteiger charge is -2.27. The normalized spacial score (nSPS) is 31.3. The number of aliphatic hydroxyl groups excluding tert-OH is 1. The molecule has 2 atom stereocenters. The van der Waals surface area contributed by atoms with E-state index in [2.05, 4.69) is 0 Å². The lowest BCUT2D eigenvalue weighted by molar-refractivity contribution is -0.0760. The molecule has 1 N–H and O–H groups in total. The van der Waals surface area contributed by atoms with Gasteiger partial charge in [-0.3, -0.25) is 0 Å². The molecule has 0 radical (unpaired) electrons. The van der Waals surface area contributed by atoms with Gasteiger partial charge in [0.2, 0.25) is 0 Å². The van der Waals surface area contributed by atoms with E-state index >= 15 is 0 Å². The number of aliphatic hydroxyl groups is 1. The minimum Gasteiger partial charge on any atom is -0.390 e. The third-order valence-corrected chi connectivity index (χ3v) is 1.95. The van der Waals surface area contributed by atoms with Gasteiger partial charge in [0, 0.05) is 13.0 Å². The maximum absolute atomic E-state index is 9.36. The van der Waals surface area contributed by atoms with Crippen molar-refractivity contribution in [3.05, 3.63) is 0 Å². The second-order valence-electron chi connectivity index (χ2n) is 2.82. The van der Waals surface area contributed by atoms with E-state index in [1.807, 2.05) is 6.07 Å². The fourth-order valence-corrected chi connectivity index (χ4v) is 1.31. The van der Waals surface area contributed by atoms with Crippen LogP contribution in [-0.4, -0.2) is 23.9 Å². The zero-order valence-electron chi connectivity index (χ0n) is 6.49. The van der Waals surface area contributed by atoms with Gasteiger partial charge in [-0.15, -0.1) is 0 Å². The quantitative estimate of drug-likeness (QED) is 0.642. The van der Waals surface area contributed by atoms with Gasteiger partial charge in [0.05, 0.1) is 18.3 Å². The zero-order valence-corrected chi connectivity index (χ0v) is 6.49. The Hall–Kier alpha value is -0.590. The van der Waals surface area contributed by atoms with Crippen LogP contribution in [0.3, 0.4) is 0 Å². The van der Waals surface area contributed by atoms with Crippen LogP contribution in [0.5, 0.6) is 0 Å². The number of nitrogens with zero attached hydrogens (tertiary/aromatic N) is 1. The molecule has 1 aliphatic heterocycles. The molecule has 11 heavy (non-hydrogen) atoms. The van der Waals surface area contributed by atoms with Crippen molar-refractivity contribution in [3.8, 4) is 6.07 Å². The van der Waals surface area contributed by atoms with E-state index in [1.54, 1.807) is 0 Å². The van der Waals surface area contributed by atoms with Crippen molar-refractivity contribution in [2.24, 2.45) is 0 Å². The van der Waals surface area contributed by atoms with Gasteiger partial charge >= 0.3 is 0 Å². The van der Waals surface area contributed by atoms with Gasteiger partial charge in [0.15, 0.2) is 0 Å². The highest BCUT2D eigenvalue weighted by Gasteiger charge is 2.22. The van der Waals surface area contributed by atoms with Crippen molar-refractivity contribution >= 4 is 0 Å². The van der Waals surface area contributed by atoms with Crippen LogP contribution >= 0.6 is 0 Å². The van der Waals surface area contributed by atoms with Gasteiger partial charge in [-0.2, -0.15) is 5.26 Å². The SMILES string of the molecule is N#CCCC1OCCCC1O. The topological polar surface area (TPSA) is 53.2 Å². The molecule has 0 saturated carbocycles. The third kappa shape index (κ3) is 2.49. The van der Waals surface area contributed by atoms with Gasteiger partial charge in [-0.1, -0.05) is 0 Å². The van der Waals surface area contributed by atoms with E-state index in [0.717, 1.165) is 19.4 Å². The molecule has 2 unspecified atom stereocenters. The molecule has 3 heteroatoms. The zero-order chi connectivity index (χ0) is 8.10. The predicted molar refractivity (Wildman–Crippen MR) is 39.8 cm³/mol. The van der Waals surface area contributed by atoms with Crippen LogP contribution in [0.25, 0.3) is 0 Å². The standard InChI is InChI=1S/C8H13NO2/c9-5-1-4-8-7(10)3-2-6-11-8/h7-8,10H,1-4,6H2. The van der Waals surface area contributed by atoms with E-state index in [4.69, 9.17) is 10.00 Å². The molecule has 1 rings (SSSR count). The van der Waals surface area contributed by atoms with E-state index in [0.29, 0.717) is 12.8 Å². The van der Waals surface area contributed by atoms with E-state index < -0.39 is 0 Å². The van der Waals surface area contributed by atoms with Crippen LogP contribution in [0.4, 0.5) is 0 Å². The molecule has 0 aromatic heterocycles. The lowest BCUT2D eigenvalue weighted by Crippen LogP contribution is -2.33. The maximum atomic E-state index is 9.36. The summed E-state index contributed by atoms with van der Waals surface area (Å²) in [6, 6.07) is 2.04. The van der Waals surface area contributed by atoms with E-state index in [9.17, 15) is 5.11 Å². The van der Waals surface area contributed by atoms with Gasteiger partial charge in [-0.25, -0.2) is 0 Å². The Bertz CT molecular complexity index is 153. The molecule has 3 nitrogen and oxygen atoms in total. The fourth-order valence-electron chi connectivity index (χ4n) is 1.31. The molecule has 0 amide bonds. The molecular weight excluding hydrogens is 142 g/mol. The molecular formula is C8H13NO2. The number of rotatable bonds is 2. The second-order valence-corrected chi connectivity index (χ2v) is 2.82. The molecule has 0 spiro atoms. The van der Waals surface area contributed by atoms with Crippen LogP contribution in [0, 0.1) is 11.3 Å². The highest BCUT2D eigenvalue weighted by molar-refractivity contribution is 4.78. The van der Waals surface area contributed by atoms with Crippen molar-refractivity contribution in [2.75, 3.05) is 6.61 Å². The Morgan fingerprint density at radius 2 is 2.45 bits per heavy atom. The van der Waals surface area contributed by atoms with Crippen molar-refractivity contribution in [1.29, 1.82) is 5.26 Å². The average Bonchev–Trinajstić information content (AvgIpc) is 2.03. The summed E-state index contributed by atoms with van der Waals surface area (Å²) in [6.07, 6.45) is 2.44. The highest BCUT2D eigenvalue weighted by Crippen LogP contribution is 2.17. The molecule has 0 aliphatic carbocycles. The molecule has 1 aliphatic rings. The van der Waals surface area contributed by atoms with Crippen LogP contribution in [0.1, 0.15) is 25.7 Å². The molecule has 0 aromatic carbocycles. The van der Waals surface area contributed by atoms with Gasteiger partial charge < -0.3 is 9.84 Å². The molecule has 0 aromatic rings. The average molecular weight is 155 g/mol. The third-order valence-electron chi connectivity index (χ3n) is 1.95. The Morgan fingerprint density at radius 3 is 3.09 bits per heavy atom. The van der Waals surface area contributed by atoms with Crippen LogP contribution < -0.4 is 0 Å². The van der Waals surface area contributed by atoms with E-state index in [-0.39, 0.29) is 12.2 Å². The summed E-state index contributed by atoms with van der Waals surface area (Å²) in [5, 5.41) is 17.7. The summed E-state index contributed by atoms with van der Waals surface area (Å²) in [5.74, 6) is 0. The largest absolute Gasteiger partial charge is 0.390 e. The molecule has 1 fully saturated rings. The first-order valence-electron chi connectivity index (χ1n) is 4.01. The Kier molecular flexibility index (Phi) is 3.34. The minimum absolute atomic E-state index is 0.0941. The summed E-state index contributed by atoms with van der Waals surface area (Å²) in [5.41, 5.74) is 0. The summed E-state index contributed by atoms with van der Waals surface area (Å²) in [4.78, 5) is 0. The van der Waals surface area contributed by atoms with Crippen molar-refractivity contribution in [3.63, 3.8) is 0 Å². The van der Waals surface area contributed by atoms with Crippen molar-refractivity contribution in [1.82, 2.24) is 0 Å². The number of hydrogen-bond acceptors (Lipinski definition) is 3. The maximum Gasteiger partial charge on any atom is 0.0843 e. The number of ether oxygens (including phenoxy) is 1. The first-order chi connectivity index (χ1) is 5.34. The molecule has 1 saturated heterocycles. The second kappa shape index (κ2) is 4.32. The summed E-state index contributed by atoms with van der Waals surface area (Å²) < 4.78 is 5.29. The van der Waals surface area contributed by atoms with E-state index in [1.165, 1.54) is 0 Å². The fraction of sp³-hybridized carbons (Fsp3) is 0.875. The monoisotopic (exact) mass is 155 g/mol. The number of nitriles is 1. The minimum atomic E-state index is -0.350. The predicted octanol–water partition coefficient (Wildman–Crippen LogP) is 0.830. The molecule has 62 valence electrons. The highest BCUT2D eigenvalue weighted by atomic mass is 16.5. The lowest BCUT2D eigenvalue weighted by atomic mass is 10.0. The van der Waals surface area contributed by atoms with Crippen molar-refractivity contribution in [2.45, 2.75) is 37.9 Å². The Labute approximate surface area is 66.6 Å². The first-order valence-corrected chi connectivity index (χ1v) is 4.01. The van der Waals surface area contributed by atoms with Crippen molar-refractivity contribution < 1.29 is 9.84 Å². The first kappa shape index (κ1) is 8.51. The van der Waals surface area contributed by atoms with Crippen LogP contribution in [0.15, 0.2) is 0 Å². The van der Waals surface area contributed by atoms with Crippen LogP contribution in [-0.2, 0) is 4.74 Å². The van der Waals surface area contributed by atoms with Gasteiger partial charge in [0.1, 0.15) is 0 Å². The number of hydrogen-bond donors (Lipinski definition) is 1. The van der Waals surface area contributed by atoms with Crippen LogP contribution in [0.2, 0.25) is 0 Å². The summed E-state index contributed by atoms with van der Waals surface area (Å²) in [7, 11) is 0. The Balaban J connectivity index is 2.25. The Morgan fingerprint density at radius 1 is 1.64 bits per heavy atom.